The number of likely N-dealkylation sites (tertiary alicyclic amines) is 1. The van der Waals surface area contributed by atoms with Crippen LogP contribution in [0, 0.1) is 0 Å². The third-order valence-electron chi connectivity index (χ3n) is 3.53. The highest BCUT2D eigenvalue weighted by Gasteiger charge is 2.27. The van der Waals surface area contributed by atoms with Crippen LogP contribution in [-0.2, 0) is 4.79 Å². The number of nitrogens with one attached hydrogen (secondary N) is 1. The fraction of sp³-hybridized carbons (Fsp3) is 0.857. The van der Waals surface area contributed by atoms with Crippen molar-refractivity contribution >= 4 is 11.9 Å². The van der Waals surface area contributed by atoms with Crippen molar-refractivity contribution in [3.8, 4) is 0 Å². The first-order valence-corrected chi connectivity index (χ1v) is 7.27. The molecule has 6 nitrogen and oxygen atoms in total. The van der Waals surface area contributed by atoms with Gasteiger partial charge in [-0.15, -0.1) is 0 Å². The molecule has 1 saturated heterocycles. The van der Waals surface area contributed by atoms with Crippen molar-refractivity contribution in [1.82, 2.24) is 20.0 Å². The summed E-state index contributed by atoms with van der Waals surface area (Å²) in [5, 5.41) is 2.91. The molecule has 0 radical (unpaired) electrons. The zero-order chi connectivity index (χ0) is 15.3. The largest absolute Gasteiger partial charge is 0.353 e. The van der Waals surface area contributed by atoms with E-state index in [9.17, 15) is 9.59 Å². The fourth-order valence-electron chi connectivity index (χ4n) is 2.53. The van der Waals surface area contributed by atoms with Crippen LogP contribution in [0.2, 0.25) is 0 Å². The van der Waals surface area contributed by atoms with E-state index in [0.717, 1.165) is 25.9 Å². The molecule has 1 rings (SSSR count). The van der Waals surface area contributed by atoms with Crippen molar-refractivity contribution in [3.63, 3.8) is 0 Å². The van der Waals surface area contributed by atoms with Crippen molar-refractivity contribution in [1.29, 1.82) is 0 Å². The van der Waals surface area contributed by atoms with Gasteiger partial charge in [-0.25, -0.2) is 4.79 Å². The SMILES string of the molecule is CC(C)NC(=O)CN1CCCC(N(C)C(=O)N(C)C)C1. The Balaban J connectivity index is 2.50. The molecule has 0 spiro atoms. The first kappa shape index (κ1) is 16.8. The van der Waals surface area contributed by atoms with Crippen LogP contribution in [0.25, 0.3) is 0 Å². The summed E-state index contributed by atoms with van der Waals surface area (Å²) in [6.07, 6.45) is 2.02. The molecule has 1 unspecified atom stereocenters. The Kier molecular flexibility index (Phi) is 6.26. The van der Waals surface area contributed by atoms with Gasteiger partial charge in [-0.3, -0.25) is 9.69 Å². The van der Waals surface area contributed by atoms with E-state index in [1.54, 1.807) is 23.9 Å². The van der Waals surface area contributed by atoms with Gasteiger partial charge in [0.1, 0.15) is 0 Å². The normalized spacial score (nSPS) is 19.8. The minimum atomic E-state index is 0.0171. The number of carbonyl (C=O) groups excluding carboxylic acids is 2. The van der Waals surface area contributed by atoms with E-state index in [2.05, 4.69) is 10.2 Å². The lowest BCUT2D eigenvalue weighted by Crippen LogP contribution is -2.52. The number of carbonyl (C=O) groups is 2. The topological polar surface area (TPSA) is 55.9 Å². The first-order chi connectivity index (χ1) is 9.31. The van der Waals surface area contributed by atoms with Crippen LogP contribution < -0.4 is 5.32 Å². The molecule has 1 heterocycles. The van der Waals surface area contributed by atoms with E-state index in [-0.39, 0.29) is 24.0 Å². The number of hydrogen-bond donors (Lipinski definition) is 1. The van der Waals surface area contributed by atoms with E-state index >= 15 is 0 Å². The molecule has 116 valence electrons. The second kappa shape index (κ2) is 7.47. The number of rotatable bonds is 4. The predicted octanol–water partition coefficient (Wildman–Crippen LogP) is 0.589. The average molecular weight is 284 g/mol. The van der Waals surface area contributed by atoms with Crippen molar-refractivity contribution in [2.24, 2.45) is 0 Å². The van der Waals surface area contributed by atoms with Gasteiger partial charge in [0.05, 0.1) is 6.54 Å². The molecule has 0 aromatic carbocycles. The summed E-state index contributed by atoms with van der Waals surface area (Å²) in [6.45, 7) is 6.02. The molecule has 3 amide bonds. The molecular weight excluding hydrogens is 256 g/mol. The zero-order valence-corrected chi connectivity index (χ0v) is 13.3. The third kappa shape index (κ3) is 5.00. The van der Waals surface area contributed by atoms with E-state index in [1.165, 1.54) is 0 Å². The Morgan fingerprint density at radius 1 is 1.30 bits per heavy atom. The van der Waals surface area contributed by atoms with Gasteiger partial charge in [0.15, 0.2) is 0 Å². The smallest absolute Gasteiger partial charge is 0.319 e. The molecule has 20 heavy (non-hydrogen) atoms. The van der Waals surface area contributed by atoms with Crippen LogP contribution in [0.1, 0.15) is 26.7 Å². The minimum absolute atomic E-state index is 0.0171. The van der Waals surface area contributed by atoms with E-state index in [1.807, 2.05) is 20.9 Å². The monoisotopic (exact) mass is 284 g/mol. The molecule has 1 aliphatic heterocycles. The quantitative estimate of drug-likeness (QED) is 0.822. The Morgan fingerprint density at radius 2 is 1.95 bits per heavy atom. The highest BCUT2D eigenvalue weighted by molar-refractivity contribution is 5.78. The molecule has 0 bridgehead atoms. The maximum Gasteiger partial charge on any atom is 0.319 e. The van der Waals surface area contributed by atoms with Crippen LogP contribution in [0.4, 0.5) is 4.79 Å². The van der Waals surface area contributed by atoms with Gasteiger partial charge in [-0.2, -0.15) is 0 Å². The molecular formula is C14H28N4O2. The summed E-state index contributed by atoms with van der Waals surface area (Å²) >= 11 is 0. The maximum absolute atomic E-state index is 12.0. The summed E-state index contributed by atoms with van der Waals surface area (Å²) in [7, 11) is 5.36. The van der Waals surface area contributed by atoms with Crippen molar-refractivity contribution in [2.45, 2.75) is 38.8 Å². The predicted molar refractivity (Wildman–Crippen MR) is 79.6 cm³/mol. The van der Waals surface area contributed by atoms with Gasteiger partial charge >= 0.3 is 6.03 Å². The molecule has 1 N–H and O–H groups in total. The van der Waals surface area contributed by atoms with Crippen LogP contribution in [-0.4, -0.2) is 79.5 Å². The van der Waals surface area contributed by atoms with Crippen molar-refractivity contribution in [2.75, 3.05) is 40.8 Å². The Labute approximate surface area is 122 Å². The molecule has 6 heteroatoms. The number of nitrogens with zero attached hydrogens (tertiary/aromatic N) is 3. The van der Waals surface area contributed by atoms with E-state index in [4.69, 9.17) is 0 Å². The lowest BCUT2D eigenvalue weighted by Gasteiger charge is -2.38. The molecule has 1 atom stereocenters. The van der Waals surface area contributed by atoms with Gasteiger partial charge in [-0.1, -0.05) is 0 Å². The summed E-state index contributed by atoms with van der Waals surface area (Å²) in [5.74, 6) is 0.0576. The fourth-order valence-corrected chi connectivity index (χ4v) is 2.53. The van der Waals surface area contributed by atoms with Gasteiger partial charge in [0.25, 0.3) is 0 Å². The lowest BCUT2D eigenvalue weighted by molar-refractivity contribution is -0.123. The Bertz CT molecular complexity index is 344. The summed E-state index contributed by atoms with van der Waals surface area (Å²) in [6, 6.07) is 0.370. The maximum atomic E-state index is 12.0. The second-order valence-electron chi connectivity index (χ2n) is 6.04. The van der Waals surface area contributed by atoms with Crippen LogP contribution in [0.3, 0.4) is 0 Å². The van der Waals surface area contributed by atoms with Crippen molar-refractivity contribution in [3.05, 3.63) is 0 Å². The minimum Gasteiger partial charge on any atom is -0.353 e. The van der Waals surface area contributed by atoms with Crippen LogP contribution in [0.15, 0.2) is 0 Å². The van der Waals surface area contributed by atoms with Gasteiger partial charge in [0.2, 0.25) is 5.91 Å². The van der Waals surface area contributed by atoms with Crippen LogP contribution in [0.5, 0.6) is 0 Å². The van der Waals surface area contributed by atoms with Gasteiger partial charge in [-0.05, 0) is 33.2 Å². The number of amides is 3. The third-order valence-corrected chi connectivity index (χ3v) is 3.53. The number of hydrogen-bond acceptors (Lipinski definition) is 3. The Hall–Kier alpha value is -1.30. The van der Waals surface area contributed by atoms with Gasteiger partial charge < -0.3 is 15.1 Å². The molecule has 0 aromatic heterocycles. The number of likely N-dealkylation sites (N-methyl/N-ethyl adjacent to an activating group) is 1. The molecule has 0 aromatic rings. The van der Waals surface area contributed by atoms with Crippen LogP contribution >= 0.6 is 0 Å². The summed E-state index contributed by atoms with van der Waals surface area (Å²) < 4.78 is 0. The number of urea groups is 1. The van der Waals surface area contributed by atoms with Gasteiger partial charge in [0, 0.05) is 39.8 Å². The molecule has 0 aliphatic carbocycles. The molecule has 1 fully saturated rings. The second-order valence-corrected chi connectivity index (χ2v) is 6.04. The average Bonchev–Trinajstić information content (AvgIpc) is 2.36. The molecule has 0 saturated carbocycles. The highest BCUT2D eigenvalue weighted by atomic mass is 16.2. The lowest BCUT2D eigenvalue weighted by atomic mass is 10.0. The molecule has 1 aliphatic rings. The summed E-state index contributed by atoms with van der Waals surface area (Å²) in [4.78, 5) is 29.3. The summed E-state index contributed by atoms with van der Waals surface area (Å²) in [5.41, 5.74) is 0. The standard InChI is InChI=1S/C14H28N4O2/c1-11(2)15-13(19)10-18-8-6-7-12(9-18)17(5)14(20)16(3)4/h11-12H,6-10H2,1-5H3,(H,15,19). The highest BCUT2D eigenvalue weighted by Crippen LogP contribution is 2.15. The Morgan fingerprint density at radius 3 is 2.50 bits per heavy atom. The van der Waals surface area contributed by atoms with E-state index in [0.29, 0.717) is 6.54 Å². The zero-order valence-electron chi connectivity index (χ0n) is 13.3. The van der Waals surface area contributed by atoms with E-state index < -0.39 is 0 Å². The number of piperidine rings is 1. The van der Waals surface area contributed by atoms with Crippen molar-refractivity contribution < 1.29 is 9.59 Å². The first-order valence-electron chi connectivity index (χ1n) is 7.27.